The second-order valence-corrected chi connectivity index (χ2v) is 5.60. The molecule has 1 aromatic heterocycles. The number of hydrogen-bond acceptors (Lipinski definition) is 3. The highest BCUT2D eigenvalue weighted by Crippen LogP contribution is 2.25. The van der Waals surface area contributed by atoms with Crippen molar-refractivity contribution in [1.29, 1.82) is 0 Å². The van der Waals surface area contributed by atoms with Gasteiger partial charge in [0.05, 0.1) is 30.3 Å². The van der Waals surface area contributed by atoms with Gasteiger partial charge in [-0.05, 0) is 49.2 Å². The van der Waals surface area contributed by atoms with Crippen molar-refractivity contribution in [3.8, 4) is 5.75 Å². The van der Waals surface area contributed by atoms with Crippen LogP contribution in [0.1, 0.15) is 17.0 Å². The molecule has 1 amide bonds. The molecule has 23 heavy (non-hydrogen) atoms. The molecular weight excluding hydrogens is 290 g/mol. The van der Waals surface area contributed by atoms with Crippen LogP contribution in [0.4, 0.5) is 5.69 Å². The van der Waals surface area contributed by atoms with Gasteiger partial charge in [-0.25, -0.2) is 4.98 Å². The number of carbonyl (C=O) groups excluding carboxylic acids is 1. The number of fused-ring (bicyclic) bond motifs is 1. The van der Waals surface area contributed by atoms with Crippen molar-refractivity contribution >= 4 is 22.6 Å². The van der Waals surface area contributed by atoms with Crippen molar-refractivity contribution in [2.24, 2.45) is 0 Å². The summed E-state index contributed by atoms with van der Waals surface area (Å²) in [5.74, 6) is 1.44. The summed E-state index contributed by atoms with van der Waals surface area (Å²) in [5, 5.41) is 2.91. The molecule has 3 aromatic rings. The highest BCUT2D eigenvalue weighted by molar-refractivity contribution is 5.94. The average Bonchev–Trinajstić information content (AvgIpc) is 2.86. The van der Waals surface area contributed by atoms with Gasteiger partial charge in [0.2, 0.25) is 5.91 Å². The van der Waals surface area contributed by atoms with Crippen molar-refractivity contribution in [3.05, 3.63) is 53.3 Å². The van der Waals surface area contributed by atoms with E-state index in [0.717, 1.165) is 28.0 Å². The van der Waals surface area contributed by atoms with Crippen LogP contribution in [-0.4, -0.2) is 23.0 Å². The number of ether oxygens (including phenoxy) is 1. The molecule has 2 N–H and O–H groups in total. The van der Waals surface area contributed by atoms with Crippen molar-refractivity contribution in [2.75, 3.05) is 12.4 Å². The van der Waals surface area contributed by atoms with Gasteiger partial charge < -0.3 is 15.0 Å². The number of rotatable bonds is 4. The number of H-pyrrole nitrogens is 1. The number of anilines is 1. The summed E-state index contributed by atoms with van der Waals surface area (Å²) in [4.78, 5) is 19.9. The standard InChI is InChI=1S/C18H19N3O2/c1-11-4-7-17(23-3)16(8-11)21-18(22)10-13-5-6-14-15(9-13)20-12(2)19-14/h4-9H,10H2,1-3H3,(H,19,20)(H,21,22). The highest BCUT2D eigenvalue weighted by Gasteiger charge is 2.10. The maximum absolute atomic E-state index is 12.3. The van der Waals surface area contributed by atoms with Crippen LogP contribution < -0.4 is 10.1 Å². The number of methoxy groups -OCH3 is 1. The zero-order valence-electron chi connectivity index (χ0n) is 13.4. The molecule has 0 saturated carbocycles. The van der Waals surface area contributed by atoms with Crippen molar-refractivity contribution in [2.45, 2.75) is 20.3 Å². The molecular formula is C18H19N3O2. The zero-order chi connectivity index (χ0) is 16.4. The fourth-order valence-corrected chi connectivity index (χ4v) is 2.59. The lowest BCUT2D eigenvalue weighted by molar-refractivity contribution is -0.115. The maximum atomic E-state index is 12.3. The molecule has 2 aromatic carbocycles. The van der Waals surface area contributed by atoms with E-state index in [4.69, 9.17) is 4.74 Å². The van der Waals surface area contributed by atoms with Crippen LogP contribution in [0.2, 0.25) is 0 Å². The van der Waals surface area contributed by atoms with Gasteiger partial charge in [-0.1, -0.05) is 12.1 Å². The molecule has 0 radical (unpaired) electrons. The SMILES string of the molecule is COc1ccc(C)cc1NC(=O)Cc1ccc2nc(C)[nH]c2c1. The second kappa shape index (κ2) is 6.12. The summed E-state index contributed by atoms with van der Waals surface area (Å²) < 4.78 is 5.28. The molecule has 0 fully saturated rings. The maximum Gasteiger partial charge on any atom is 0.228 e. The van der Waals surface area contributed by atoms with Crippen LogP contribution in [0.25, 0.3) is 11.0 Å². The Kier molecular flexibility index (Phi) is 4.02. The third-order valence-corrected chi connectivity index (χ3v) is 3.66. The van der Waals surface area contributed by atoms with Gasteiger partial charge in [0, 0.05) is 0 Å². The minimum absolute atomic E-state index is 0.0792. The number of amides is 1. The minimum atomic E-state index is -0.0792. The van der Waals surface area contributed by atoms with Gasteiger partial charge in [-0.2, -0.15) is 0 Å². The van der Waals surface area contributed by atoms with Crippen molar-refractivity contribution in [3.63, 3.8) is 0 Å². The summed E-state index contributed by atoms with van der Waals surface area (Å²) in [6.45, 7) is 3.89. The molecule has 0 spiro atoms. The zero-order valence-corrected chi connectivity index (χ0v) is 13.4. The number of aromatic amines is 1. The van der Waals surface area contributed by atoms with Crippen LogP contribution >= 0.6 is 0 Å². The van der Waals surface area contributed by atoms with Crippen LogP contribution in [0.3, 0.4) is 0 Å². The fraction of sp³-hybridized carbons (Fsp3) is 0.222. The Hall–Kier alpha value is -2.82. The second-order valence-electron chi connectivity index (χ2n) is 5.60. The Balaban J connectivity index is 1.76. The number of carbonyl (C=O) groups is 1. The highest BCUT2D eigenvalue weighted by atomic mass is 16.5. The first kappa shape index (κ1) is 15.1. The predicted molar refractivity (Wildman–Crippen MR) is 90.9 cm³/mol. The molecule has 5 nitrogen and oxygen atoms in total. The third-order valence-electron chi connectivity index (χ3n) is 3.66. The Morgan fingerprint density at radius 3 is 2.83 bits per heavy atom. The van der Waals surface area contributed by atoms with Gasteiger partial charge >= 0.3 is 0 Å². The quantitative estimate of drug-likeness (QED) is 0.776. The molecule has 0 aliphatic carbocycles. The summed E-state index contributed by atoms with van der Waals surface area (Å²) in [6, 6.07) is 11.5. The average molecular weight is 309 g/mol. The van der Waals surface area contributed by atoms with Gasteiger partial charge in [0.25, 0.3) is 0 Å². The topological polar surface area (TPSA) is 67.0 Å². The lowest BCUT2D eigenvalue weighted by atomic mass is 10.1. The predicted octanol–water partition coefficient (Wildman–Crippen LogP) is 3.37. The first-order valence-corrected chi connectivity index (χ1v) is 7.45. The molecule has 0 atom stereocenters. The van der Waals surface area contributed by atoms with Crippen LogP contribution in [-0.2, 0) is 11.2 Å². The van der Waals surface area contributed by atoms with Crippen LogP contribution in [0.15, 0.2) is 36.4 Å². The summed E-state index contributed by atoms with van der Waals surface area (Å²) in [7, 11) is 1.59. The Morgan fingerprint density at radius 2 is 2.04 bits per heavy atom. The number of aromatic nitrogens is 2. The fourth-order valence-electron chi connectivity index (χ4n) is 2.59. The molecule has 3 rings (SSSR count). The van der Waals surface area contributed by atoms with Crippen molar-refractivity contribution < 1.29 is 9.53 Å². The van der Waals surface area contributed by atoms with E-state index in [9.17, 15) is 4.79 Å². The van der Waals surface area contributed by atoms with Gasteiger partial charge in [-0.3, -0.25) is 4.79 Å². The first-order chi connectivity index (χ1) is 11.0. The van der Waals surface area contributed by atoms with E-state index in [1.54, 1.807) is 7.11 Å². The van der Waals surface area contributed by atoms with Gasteiger partial charge in [0.15, 0.2) is 0 Å². The molecule has 0 saturated heterocycles. The number of nitrogens with zero attached hydrogens (tertiary/aromatic N) is 1. The van der Waals surface area contributed by atoms with Crippen LogP contribution in [0, 0.1) is 13.8 Å². The Labute approximate surface area is 134 Å². The van der Waals surface area contributed by atoms with E-state index in [2.05, 4.69) is 15.3 Å². The molecule has 1 heterocycles. The van der Waals surface area contributed by atoms with Crippen molar-refractivity contribution in [1.82, 2.24) is 9.97 Å². The molecule has 0 unspecified atom stereocenters. The number of aryl methyl sites for hydroxylation is 2. The van der Waals surface area contributed by atoms with E-state index >= 15 is 0 Å². The van der Waals surface area contributed by atoms with E-state index in [0.29, 0.717) is 17.9 Å². The molecule has 0 bridgehead atoms. The largest absolute Gasteiger partial charge is 0.495 e. The summed E-state index contributed by atoms with van der Waals surface area (Å²) >= 11 is 0. The Morgan fingerprint density at radius 1 is 1.22 bits per heavy atom. The lowest BCUT2D eigenvalue weighted by Gasteiger charge is -2.11. The molecule has 118 valence electrons. The van der Waals surface area contributed by atoms with E-state index in [1.165, 1.54) is 0 Å². The lowest BCUT2D eigenvalue weighted by Crippen LogP contribution is -2.15. The monoisotopic (exact) mass is 309 g/mol. The van der Waals surface area contributed by atoms with Gasteiger partial charge in [-0.15, -0.1) is 0 Å². The molecule has 5 heteroatoms. The van der Waals surface area contributed by atoms with E-state index < -0.39 is 0 Å². The first-order valence-electron chi connectivity index (χ1n) is 7.45. The van der Waals surface area contributed by atoms with E-state index in [-0.39, 0.29) is 5.91 Å². The third kappa shape index (κ3) is 3.34. The number of nitrogens with one attached hydrogen (secondary N) is 2. The van der Waals surface area contributed by atoms with Crippen LogP contribution in [0.5, 0.6) is 5.75 Å². The number of hydrogen-bond donors (Lipinski definition) is 2. The van der Waals surface area contributed by atoms with E-state index in [1.807, 2.05) is 50.2 Å². The normalized spacial score (nSPS) is 10.7. The molecule has 0 aliphatic rings. The Bertz CT molecular complexity index is 868. The summed E-state index contributed by atoms with van der Waals surface area (Å²) in [5.41, 5.74) is 4.55. The number of benzene rings is 2. The molecule has 0 aliphatic heterocycles. The summed E-state index contributed by atoms with van der Waals surface area (Å²) in [6.07, 6.45) is 0.297. The van der Waals surface area contributed by atoms with Gasteiger partial charge in [0.1, 0.15) is 11.6 Å². The minimum Gasteiger partial charge on any atom is -0.495 e. The number of imidazole rings is 1. The smallest absolute Gasteiger partial charge is 0.228 e.